The summed E-state index contributed by atoms with van der Waals surface area (Å²) < 4.78 is 15.1. The predicted octanol–water partition coefficient (Wildman–Crippen LogP) is 3.23. The van der Waals surface area contributed by atoms with Gasteiger partial charge in [0.05, 0.1) is 0 Å². The first-order valence-electron chi connectivity index (χ1n) is 10.1. The highest BCUT2D eigenvalue weighted by Gasteiger charge is 2.24. The molecule has 1 aromatic heterocycles. The standard InChI is InChI=1S/C21H29FN4O3S/c1-4-5-11-25-19(23)18(20(28)24-21(25)29)26(13-14(2)3)17(27)10-12-30-16-9-7-6-8-15(16)22/h6-9,14H,4-5,10-13,23H2,1-3H3,(H,24,28,29). The fourth-order valence-corrected chi connectivity index (χ4v) is 3.88. The monoisotopic (exact) mass is 436 g/mol. The summed E-state index contributed by atoms with van der Waals surface area (Å²) in [5.74, 6) is -0.221. The smallest absolute Gasteiger partial charge is 0.330 e. The van der Waals surface area contributed by atoms with Crippen LogP contribution in [0.15, 0.2) is 38.8 Å². The summed E-state index contributed by atoms with van der Waals surface area (Å²) in [6.07, 6.45) is 1.66. The van der Waals surface area contributed by atoms with E-state index in [1.165, 1.54) is 27.3 Å². The molecule has 0 spiro atoms. The summed E-state index contributed by atoms with van der Waals surface area (Å²) in [7, 11) is 0. The Balaban J connectivity index is 2.28. The third-order valence-corrected chi connectivity index (χ3v) is 5.53. The molecule has 0 aliphatic heterocycles. The number of hydrogen-bond acceptors (Lipinski definition) is 5. The molecular formula is C21H29FN4O3S. The molecule has 3 N–H and O–H groups in total. The second-order valence-corrected chi connectivity index (χ2v) is 8.56. The van der Waals surface area contributed by atoms with E-state index in [1.54, 1.807) is 18.2 Å². The number of carbonyl (C=O) groups excluding carboxylic acids is 1. The van der Waals surface area contributed by atoms with Crippen LogP contribution in [0, 0.1) is 11.7 Å². The molecule has 7 nitrogen and oxygen atoms in total. The summed E-state index contributed by atoms with van der Waals surface area (Å²) in [6, 6.07) is 6.37. The molecule has 0 bridgehead atoms. The number of anilines is 2. The van der Waals surface area contributed by atoms with Gasteiger partial charge in [-0.2, -0.15) is 0 Å². The van der Waals surface area contributed by atoms with E-state index in [0.717, 1.165) is 6.42 Å². The van der Waals surface area contributed by atoms with Gasteiger partial charge in [-0.1, -0.05) is 39.3 Å². The van der Waals surface area contributed by atoms with E-state index in [2.05, 4.69) is 4.98 Å². The fraction of sp³-hybridized carbons (Fsp3) is 0.476. The summed E-state index contributed by atoms with van der Waals surface area (Å²) in [5, 5.41) is 0. The first kappa shape index (κ1) is 23.7. The topological polar surface area (TPSA) is 101 Å². The third-order valence-electron chi connectivity index (χ3n) is 4.48. The SMILES string of the molecule is CCCCn1c(N)c(N(CC(C)C)C(=O)CCSc2ccccc2F)c(=O)[nH]c1=O. The Hall–Kier alpha value is -2.55. The van der Waals surface area contributed by atoms with Crippen molar-refractivity contribution >= 4 is 29.2 Å². The van der Waals surface area contributed by atoms with Crippen LogP contribution >= 0.6 is 11.8 Å². The number of amides is 1. The number of carbonyl (C=O) groups is 1. The highest BCUT2D eigenvalue weighted by atomic mass is 32.2. The number of rotatable bonds is 10. The van der Waals surface area contributed by atoms with Gasteiger partial charge in [0.15, 0.2) is 5.69 Å². The predicted molar refractivity (Wildman–Crippen MR) is 120 cm³/mol. The molecule has 0 aliphatic carbocycles. The Morgan fingerprint density at radius 2 is 2.00 bits per heavy atom. The average molecular weight is 437 g/mol. The van der Waals surface area contributed by atoms with Crippen LogP contribution in [0.2, 0.25) is 0 Å². The zero-order valence-electron chi connectivity index (χ0n) is 17.6. The van der Waals surface area contributed by atoms with Crippen molar-refractivity contribution in [3.63, 3.8) is 0 Å². The van der Waals surface area contributed by atoms with Crippen molar-refractivity contribution in [3.8, 4) is 0 Å². The summed E-state index contributed by atoms with van der Waals surface area (Å²) in [5.41, 5.74) is 4.91. The number of halogens is 1. The Morgan fingerprint density at radius 3 is 2.63 bits per heavy atom. The molecule has 9 heteroatoms. The van der Waals surface area contributed by atoms with Crippen molar-refractivity contribution < 1.29 is 9.18 Å². The van der Waals surface area contributed by atoms with Gasteiger partial charge >= 0.3 is 5.69 Å². The van der Waals surface area contributed by atoms with Gasteiger partial charge < -0.3 is 10.6 Å². The maximum atomic E-state index is 13.8. The number of nitrogen functional groups attached to an aromatic ring is 1. The number of nitrogens with zero attached hydrogens (tertiary/aromatic N) is 2. The van der Waals surface area contributed by atoms with Gasteiger partial charge in [-0.3, -0.25) is 19.1 Å². The number of hydrogen-bond donors (Lipinski definition) is 2. The zero-order chi connectivity index (χ0) is 22.3. The number of benzene rings is 1. The van der Waals surface area contributed by atoms with Crippen molar-refractivity contribution in [1.29, 1.82) is 0 Å². The van der Waals surface area contributed by atoms with Crippen molar-refractivity contribution in [1.82, 2.24) is 9.55 Å². The number of aromatic amines is 1. The van der Waals surface area contributed by atoms with E-state index < -0.39 is 11.2 Å². The molecule has 0 saturated carbocycles. The quantitative estimate of drug-likeness (QED) is 0.557. The second-order valence-electron chi connectivity index (χ2n) is 7.43. The first-order chi connectivity index (χ1) is 14.3. The highest BCUT2D eigenvalue weighted by Crippen LogP contribution is 2.24. The van der Waals surface area contributed by atoms with Crippen LogP contribution < -0.4 is 21.9 Å². The number of thioether (sulfide) groups is 1. The second kappa shape index (κ2) is 11.0. The Morgan fingerprint density at radius 1 is 1.30 bits per heavy atom. The fourth-order valence-electron chi connectivity index (χ4n) is 3.00. The lowest BCUT2D eigenvalue weighted by Gasteiger charge is -2.26. The van der Waals surface area contributed by atoms with Crippen LogP contribution in [0.4, 0.5) is 15.9 Å². The van der Waals surface area contributed by atoms with E-state index in [9.17, 15) is 18.8 Å². The molecule has 0 saturated heterocycles. The molecule has 30 heavy (non-hydrogen) atoms. The number of unbranched alkanes of at least 4 members (excludes halogenated alkanes) is 1. The maximum Gasteiger partial charge on any atom is 0.330 e. The Labute approximate surface area is 179 Å². The minimum absolute atomic E-state index is 0.000273. The molecule has 1 amide bonds. The van der Waals surface area contributed by atoms with Gasteiger partial charge in [0.25, 0.3) is 5.56 Å². The number of H-pyrrole nitrogens is 1. The Bertz CT molecular complexity index is 987. The summed E-state index contributed by atoms with van der Waals surface area (Å²) >= 11 is 1.24. The largest absolute Gasteiger partial charge is 0.383 e. The van der Waals surface area contributed by atoms with E-state index in [0.29, 0.717) is 23.6 Å². The van der Waals surface area contributed by atoms with Gasteiger partial charge in [-0.15, -0.1) is 11.8 Å². The first-order valence-corrected chi connectivity index (χ1v) is 11.0. The van der Waals surface area contributed by atoms with Gasteiger partial charge in [-0.25, -0.2) is 9.18 Å². The summed E-state index contributed by atoms with van der Waals surface area (Å²) in [6.45, 7) is 6.47. The van der Waals surface area contributed by atoms with Crippen LogP contribution in [0.1, 0.15) is 40.0 Å². The lowest BCUT2D eigenvalue weighted by molar-refractivity contribution is -0.118. The van der Waals surface area contributed by atoms with Crippen LogP contribution in [-0.4, -0.2) is 27.8 Å². The lowest BCUT2D eigenvalue weighted by Crippen LogP contribution is -2.42. The lowest BCUT2D eigenvalue weighted by atomic mass is 10.2. The molecule has 2 rings (SSSR count). The average Bonchev–Trinajstić information content (AvgIpc) is 2.68. The van der Waals surface area contributed by atoms with Crippen LogP contribution in [-0.2, 0) is 11.3 Å². The van der Waals surface area contributed by atoms with Crippen molar-refractivity contribution in [2.24, 2.45) is 5.92 Å². The maximum absolute atomic E-state index is 13.8. The summed E-state index contributed by atoms with van der Waals surface area (Å²) in [4.78, 5) is 41.8. The molecular weight excluding hydrogens is 407 g/mol. The number of aromatic nitrogens is 2. The Kier molecular flexibility index (Phi) is 8.71. The van der Waals surface area contributed by atoms with Gasteiger partial charge in [-0.05, 0) is 24.5 Å². The van der Waals surface area contributed by atoms with Crippen molar-refractivity contribution in [3.05, 3.63) is 50.9 Å². The van der Waals surface area contributed by atoms with Crippen LogP contribution in [0.5, 0.6) is 0 Å². The van der Waals surface area contributed by atoms with Crippen LogP contribution in [0.25, 0.3) is 0 Å². The molecule has 0 fully saturated rings. The number of nitrogens with one attached hydrogen (secondary N) is 1. The van der Waals surface area contributed by atoms with Crippen LogP contribution in [0.3, 0.4) is 0 Å². The van der Waals surface area contributed by atoms with E-state index in [-0.39, 0.29) is 42.1 Å². The van der Waals surface area contributed by atoms with Gasteiger partial charge in [0, 0.05) is 30.2 Å². The number of nitrogens with two attached hydrogens (primary N) is 1. The molecule has 0 aliphatic rings. The van der Waals surface area contributed by atoms with Gasteiger partial charge in [0.1, 0.15) is 11.6 Å². The molecule has 1 aromatic carbocycles. The van der Waals surface area contributed by atoms with Gasteiger partial charge in [0.2, 0.25) is 5.91 Å². The normalized spacial score (nSPS) is 11.1. The zero-order valence-corrected chi connectivity index (χ0v) is 18.4. The molecule has 0 unspecified atom stereocenters. The van der Waals surface area contributed by atoms with Crippen molar-refractivity contribution in [2.75, 3.05) is 22.9 Å². The molecule has 1 heterocycles. The van der Waals surface area contributed by atoms with Crippen molar-refractivity contribution in [2.45, 2.75) is 51.5 Å². The molecule has 0 radical (unpaired) electrons. The van der Waals surface area contributed by atoms with E-state index in [1.807, 2.05) is 20.8 Å². The highest BCUT2D eigenvalue weighted by molar-refractivity contribution is 7.99. The minimum atomic E-state index is -0.680. The van der Waals surface area contributed by atoms with E-state index in [4.69, 9.17) is 5.73 Å². The third kappa shape index (κ3) is 5.98. The molecule has 0 atom stereocenters. The molecule has 2 aromatic rings. The minimum Gasteiger partial charge on any atom is -0.383 e. The van der Waals surface area contributed by atoms with E-state index >= 15 is 0 Å². The molecule has 164 valence electrons.